The van der Waals surface area contributed by atoms with Crippen LogP contribution in [0.15, 0.2) is 41.1 Å². The van der Waals surface area contributed by atoms with Gasteiger partial charge in [0.1, 0.15) is 6.07 Å². The number of aryl methyl sites for hydroxylation is 1. The molecule has 2 rings (SSSR count). The van der Waals surface area contributed by atoms with Gasteiger partial charge in [-0.1, -0.05) is 6.07 Å². The molecule has 0 aliphatic heterocycles. The first-order valence-corrected chi connectivity index (χ1v) is 5.87. The van der Waals surface area contributed by atoms with Gasteiger partial charge in [0.05, 0.1) is 23.1 Å². The minimum atomic E-state index is 0.592. The first-order valence-electron chi connectivity index (χ1n) is 5.08. The normalized spacial score (nSPS) is 9.71. The standard InChI is InChI=1S/C13H10BrN3/c1-9-5-10(8-16-7-9)17-13-4-2-3-12(14)11(13)6-15/h2-5,7-8,17H,1H3. The van der Waals surface area contributed by atoms with Gasteiger partial charge in [0.15, 0.2) is 0 Å². The van der Waals surface area contributed by atoms with Crippen LogP contribution in [0.5, 0.6) is 0 Å². The number of halogens is 1. The topological polar surface area (TPSA) is 48.7 Å². The van der Waals surface area contributed by atoms with Crippen molar-refractivity contribution >= 4 is 27.3 Å². The summed E-state index contributed by atoms with van der Waals surface area (Å²) in [7, 11) is 0. The van der Waals surface area contributed by atoms with Crippen LogP contribution >= 0.6 is 15.9 Å². The largest absolute Gasteiger partial charge is 0.353 e. The van der Waals surface area contributed by atoms with E-state index in [9.17, 15) is 0 Å². The van der Waals surface area contributed by atoms with E-state index in [1.807, 2.05) is 31.2 Å². The average molecular weight is 288 g/mol. The molecule has 0 spiro atoms. The maximum Gasteiger partial charge on any atom is 0.103 e. The summed E-state index contributed by atoms with van der Waals surface area (Å²) in [5.74, 6) is 0. The molecule has 1 heterocycles. The monoisotopic (exact) mass is 287 g/mol. The lowest BCUT2D eigenvalue weighted by Gasteiger charge is -2.09. The minimum absolute atomic E-state index is 0.592. The molecular formula is C13H10BrN3. The van der Waals surface area contributed by atoms with E-state index < -0.39 is 0 Å². The Kier molecular flexibility index (Phi) is 3.40. The number of benzene rings is 1. The minimum Gasteiger partial charge on any atom is -0.353 e. The number of nitrogens with zero attached hydrogens (tertiary/aromatic N) is 2. The van der Waals surface area contributed by atoms with E-state index in [-0.39, 0.29) is 0 Å². The lowest BCUT2D eigenvalue weighted by Crippen LogP contribution is -1.95. The summed E-state index contributed by atoms with van der Waals surface area (Å²) >= 11 is 3.36. The fourth-order valence-corrected chi connectivity index (χ4v) is 1.98. The van der Waals surface area contributed by atoms with Crippen molar-refractivity contribution in [2.75, 3.05) is 5.32 Å². The van der Waals surface area contributed by atoms with Gasteiger partial charge in [0.25, 0.3) is 0 Å². The van der Waals surface area contributed by atoms with Crippen LogP contribution in [-0.2, 0) is 0 Å². The van der Waals surface area contributed by atoms with Crippen LogP contribution in [0.1, 0.15) is 11.1 Å². The van der Waals surface area contributed by atoms with Crippen LogP contribution in [0.3, 0.4) is 0 Å². The van der Waals surface area contributed by atoms with Gasteiger partial charge < -0.3 is 5.32 Å². The molecular weight excluding hydrogens is 278 g/mol. The number of rotatable bonds is 2. The van der Waals surface area contributed by atoms with Crippen LogP contribution in [-0.4, -0.2) is 4.98 Å². The predicted octanol–water partition coefficient (Wildman–Crippen LogP) is 3.77. The van der Waals surface area contributed by atoms with E-state index in [0.717, 1.165) is 21.4 Å². The molecule has 0 aliphatic rings. The lowest BCUT2D eigenvalue weighted by atomic mass is 10.2. The molecule has 0 radical (unpaired) electrons. The van der Waals surface area contributed by atoms with Gasteiger partial charge in [-0.25, -0.2) is 0 Å². The molecule has 0 unspecified atom stereocenters. The highest BCUT2D eigenvalue weighted by Gasteiger charge is 2.06. The SMILES string of the molecule is Cc1cncc(Nc2cccc(Br)c2C#N)c1. The molecule has 84 valence electrons. The Bertz CT molecular complexity index is 587. The molecule has 1 N–H and O–H groups in total. The molecule has 4 heteroatoms. The number of nitriles is 1. The Balaban J connectivity index is 2.37. The molecule has 2 aromatic rings. The third-order valence-electron chi connectivity index (χ3n) is 2.28. The smallest absolute Gasteiger partial charge is 0.103 e. The summed E-state index contributed by atoms with van der Waals surface area (Å²) in [6.07, 6.45) is 3.52. The van der Waals surface area contributed by atoms with Crippen molar-refractivity contribution in [1.29, 1.82) is 5.26 Å². The third-order valence-corrected chi connectivity index (χ3v) is 2.94. The molecule has 0 aliphatic carbocycles. The Morgan fingerprint density at radius 2 is 2.18 bits per heavy atom. The Labute approximate surface area is 108 Å². The van der Waals surface area contributed by atoms with E-state index >= 15 is 0 Å². The van der Waals surface area contributed by atoms with Gasteiger partial charge in [0.2, 0.25) is 0 Å². The Morgan fingerprint density at radius 3 is 2.88 bits per heavy atom. The second kappa shape index (κ2) is 4.98. The molecule has 1 aromatic carbocycles. The van der Waals surface area contributed by atoms with Crippen molar-refractivity contribution in [1.82, 2.24) is 4.98 Å². The third kappa shape index (κ3) is 2.63. The van der Waals surface area contributed by atoms with Crippen molar-refractivity contribution in [3.63, 3.8) is 0 Å². The van der Waals surface area contributed by atoms with Gasteiger partial charge in [-0.3, -0.25) is 4.98 Å². The molecule has 0 fully saturated rings. The number of hydrogen-bond acceptors (Lipinski definition) is 3. The summed E-state index contributed by atoms with van der Waals surface area (Å²) in [6, 6.07) is 9.75. The quantitative estimate of drug-likeness (QED) is 0.915. The number of anilines is 2. The van der Waals surface area contributed by atoms with Crippen LogP contribution < -0.4 is 5.32 Å². The average Bonchev–Trinajstić information content (AvgIpc) is 2.29. The van der Waals surface area contributed by atoms with Gasteiger partial charge in [-0.2, -0.15) is 5.26 Å². The van der Waals surface area contributed by atoms with Crippen molar-refractivity contribution in [3.05, 3.63) is 52.3 Å². The lowest BCUT2D eigenvalue weighted by molar-refractivity contribution is 1.26. The van der Waals surface area contributed by atoms with Crippen molar-refractivity contribution in [3.8, 4) is 6.07 Å². The molecule has 0 saturated heterocycles. The highest BCUT2D eigenvalue weighted by Crippen LogP contribution is 2.26. The zero-order valence-corrected chi connectivity index (χ0v) is 10.8. The van der Waals surface area contributed by atoms with Gasteiger partial charge in [-0.15, -0.1) is 0 Å². The zero-order valence-electron chi connectivity index (χ0n) is 9.24. The number of nitrogens with one attached hydrogen (secondary N) is 1. The summed E-state index contributed by atoms with van der Waals surface area (Å²) < 4.78 is 0.783. The summed E-state index contributed by atoms with van der Waals surface area (Å²) in [6.45, 7) is 1.98. The Morgan fingerprint density at radius 1 is 1.35 bits per heavy atom. The Hall–Kier alpha value is -1.86. The van der Waals surface area contributed by atoms with Crippen LogP contribution in [0.2, 0.25) is 0 Å². The summed E-state index contributed by atoms with van der Waals surface area (Å²) in [5.41, 5.74) is 3.31. The number of pyridine rings is 1. The van der Waals surface area contributed by atoms with Crippen LogP contribution in [0.4, 0.5) is 11.4 Å². The zero-order chi connectivity index (χ0) is 12.3. The highest BCUT2D eigenvalue weighted by atomic mass is 79.9. The highest BCUT2D eigenvalue weighted by molar-refractivity contribution is 9.10. The second-order valence-corrected chi connectivity index (χ2v) is 4.50. The van der Waals surface area contributed by atoms with Gasteiger partial charge >= 0.3 is 0 Å². The first-order chi connectivity index (χ1) is 8.20. The van der Waals surface area contributed by atoms with Gasteiger partial charge in [0, 0.05) is 10.7 Å². The van der Waals surface area contributed by atoms with E-state index in [1.54, 1.807) is 12.4 Å². The van der Waals surface area contributed by atoms with Crippen LogP contribution in [0.25, 0.3) is 0 Å². The van der Waals surface area contributed by atoms with Crippen molar-refractivity contribution < 1.29 is 0 Å². The molecule has 3 nitrogen and oxygen atoms in total. The van der Waals surface area contributed by atoms with Crippen molar-refractivity contribution in [2.45, 2.75) is 6.92 Å². The molecule has 0 saturated carbocycles. The summed E-state index contributed by atoms with van der Waals surface area (Å²) in [4.78, 5) is 4.10. The van der Waals surface area contributed by atoms with Crippen molar-refractivity contribution in [2.24, 2.45) is 0 Å². The molecule has 0 bridgehead atoms. The second-order valence-electron chi connectivity index (χ2n) is 3.65. The molecule has 1 aromatic heterocycles. The van der Waals surface area contributed by atoms with E-state index in [1.165, 1.54) is 0 Å². The number of aromatic nitrogens is 1. The molecule has 0 atom stereocenters. The van der Waals surface area contributed by atoms with E-state index in [4.69, 9.17) is 5.26 Å². The molecule has 0 amide bonds. The maximum absolute atomic E-state index is 9.10. The fourth-order valence-electron chi connectivity index (χ4n) is 1.52. The number of hydrogen-bond donors (Lipinski definition) is 1. The maximum atomic E-state index is 9.10. The summed E-state index contributed by atoms with van der Waals surface area (Å²) in [5, 5.41) is 12.3. The van der Waals surface area contributed by atoms with E-state index in [2.05, 4.69) is 32.3 Å². The fraction of sp³-hybridized carbons (Fsp3) is 0.0769. The molecule has 17 heavy (non-hydrogen) atoms. The first kappa shape index (κ1) is 11.6. The van der Waals surface area contributed by atoms with E-state index in [0.29, 0.717) is 5.56 Å². The van der Waals surface area contributed by atoms with Gasteiger partial charge in [-0.05, 0) is 46.6 Å². The predicted molar refractivity (Wildman–Crippen MR) is 71.1 cm³/mol. The van der Waals surface area contributed by atoms with Crippen LogP contribution in [0, 0.1) is 18.3 Å².